The van der Waals surface area contributed by atoms with Gasteiger partial charge in [-0.3, -0.25) is 9.98 Å². The molecule has 0 bridgehead atoms. The SMILES string of the molecule is C=NC1=C(C=NC)Cc2ccccc2S1. The monoisotopic (exact) mass is 216 g/mol. The summed E-state index contributed by atoms with van der Waals surface area (Å²) in [6, 6.07) is 8.37. The van der Waals surface area contributed by atoms with E-state index < -0.39 is 0 Å². The van der Waals surface area contributed by atoms with Gasteiger partial charge in [0.1, 0.15) is 5.03 Å². The summed E-state index contributed by atoms with van der Waals surface area (Å²) in [4.78, 5) is 9.37. The van der Waals surface area contributed by atoms with Crippen molar-refractivity contribution in [2.24, 2.45) is 9.98 Å². The Kier molecular flexibility index (Phi) is 3.02. The molecule has 3 heteroatoms. The fraction of sp³-hybridized carbons (Fsp3) is 0.167. The molecule has 1 aromatic carbocycles. The molecule has 1 aliphatic rings. The Morgan fingerprint density at radius 1 is 1.40 bits per heavy atom. The fourth-order valence-corrected chi connectivity index (χ4v) is 2.54. The standard InChI is InChI=1S/C12H12N2S/c1-13-8-10-7-9-5-3-4-6-11(9)15-12(10)14-2/h3-6,8H,2,7H2,1H3. The minimum atomic E-state index is 0.898. The molecule has 15 heavy (non-hydrogen) atoms. The van der Waals surface area contributed by atoms with Gasteiger partial charge in [0.2, 0.25) is 0 Å². The van der Waals surface area contributed by atoms with Crippen LogP contribution in [0.4, 0.5) is 0 Å². The zero-order chi connectivity index (χ0) is 10.7. The lowest BCUT2D eigenvalue weighted by atomic mass is 10.1. The van der Waals surface area contributed by atoms with Gasteiger partial charge in [-0.15, -0.1) is 0 Å². The number of rotatable bonds is 2. The van der Waals surface area contributed by atoms with Crippen LogP contribution in [-0.2, 0) is 6.42 Å². The maximum Gasteiger partial charge on any atom is 0.105 e. The van der Waals surface area contributed by atoms with E-state index in [9.17, 15) is 0 Å². The lowest BCUT2D eigenvalue weighted by Gasteiger charge is -2.17. The van der Waals surface area contributed by atoms with Gasteiger partial charge in [0, 0.05) is 30.2 Å². The van der Waals surface area contributed by atoms with Crippen LogP contribution in [0.2, 0.25) is 0 Å². The van der Waals surface area contributed by atoms with Crippen molar-refractivity contribution in [2.75, 3.05) is 7.05 Å². The van der Waals surface area contributed by atoms with Crippen molar-refractivity contribution >= 4 is 24.7 Å². The lowest BCUT2D eigenvalue weighted by molar-refractivity contribution is 1.12. The molecule has 0 amide bonds. The first-order chi connectivity index (χ1) is 7.35. The van der Waals surface area contributed by atoms with Gasteiger partial charge in [-0.05, 0) is 18.3 Å². The molecular formula is C12H12N2S. The highest BCUT2D eigenvalue weighted by molar-refractivity contribution is 8.03. The third kappa shape index (κ3) is 2.02. The summed E-state index contributed by atoms with van der Waals surface area (Å²) in [6.45, 7) is 3.60. The van der Waals surface area contributed by atoms with Crippen LogP contribution >= 0.6 is 11.8 Å². The summed E-state index contributed by atoms with van der Waals surface area (Å²) in [6.07, 6.45) is 2.77. The van der Waals surface area contributed by atoms with Crippen LogP contribution in [0.15, 0.2) is 49.7 Å². The highest BCUT2D eigenvalue weighted by Crippen LogP contribution is 2.37. The number of aliphatic imine (C=N–C) groups is 2. The first kappa shape index (κ1) is 10.2. The molecule has 0 atom stereocenters. The van der Waals surface area contributed by atoms with Gasteiger partial charge in [0.15, 0.2) is 0 Å². The highest BCUT2D eigenvalue weighted by atomic mass is 32.2. The van der Waals surface area contributed by atoms with Crippen molar-refractivity contribution in [1.29, 1.82) is 0 Å². The zero-order valence-corrected chi connectivity index (χ0v) is 9.42. The molecule has 1 aromatic rings. The molecule has 1 heterocycles. The summed E-state index contributed by atoms with van der Waals surface area (Å²) < 4.78 is 0. The predicted molar refractivity (Wildman–Crippen MR) is 67.0 cm³/mol. The first-order valence-corrected chi connectivity index (χ1v) is 5.54. The van der Waals surface area contributed by atoms with Gasteiger partial charge in [-0.25, -0.2) is 0 Å². The molecule has 0 aromatic heterocycles. The number of nitrogens with zero attached hydrogens (tertiary/aromatic N) is 2. The number of allylic oxidation sites excluding steroid dienone is 1. The van der Waals surface area contributed by atoms with Crippen LogP contribution in [0.1, 0.15) is 5.56 Å². The molecule has 0 aliphatic carbocycles. The summed E-state index contributed by atoms with van der Waals surface area (Å²) >= 11 is 1.66. The summed E-state index contributed by atoms with van der Waals surface area (Å²) in [7, 11) is 1.78. The molecule has 0 N–H and O–H groups in total. The second-order valence-electron chi connectivity index (χ2n) is 3.26. The van der Waals surface area contributed by atoms with Crippen molar-refractivity contribution in [3.05, 3.63) is 40.4 Å². The quantitative estimate of drug-likeness (QED) is 0.698. The number of hydrogen-bond acceptors (Lipinski definition) is 3. The lowest BCUT2D eigenvalue weighted by Crippen LogP contribution is -2.02. The average molecular weight is 216 g/mol. The van der Waals surface area contributed by atoms with E-state index in [2.05, 4.69) is 34.9 Å². The van der Waals surface area contributed by atoms with Crippen molar-refractivity contribution in [3.63, 3.8) is 0 Å². The summed E-state index contributed by atoms with van der Waals surface area (Å²) in [5.74, 6) is 0. The Balaban J connectivity index is 2.41. The van der Waals surface area contributed by atoms with Gasteiger partial charge in [-0.2, -0.15) is 0 Å². The third-order valence-corrected chi connectivity index (χ3v) is 3.47. The molecular weight excluding hydrogens is 204 g/mol. The minimum Gasteiger partial charge on any atom is -0.296 e. The molecule has 0 unspecified atom stereocenters. The van der Waals surface area contributed by atoms with Crippen LogP contribution in [-0.4, -0.2) is 20.0 Å². The Morgan fingerprint density at radius 2 is 2.20 bits per heavy atom. The topological polar surface area (TPSA) is 24.7 Å². The number of benzene rings is 1. The average Bonchev–Trinajstić information content (AvgIpc) is 2.28. The molecule has 0 saturated carbocycles. The highest BCUT2D eigenvalue weighted by Gasteiger charge is 2.16. The normalized spacial score (nSPS) is 15.5. The maximum atomic E-state index is 4.05. The minimum absolute atomic E-state index is 0.898. The fourth-order valence-electron chi connectivity index (χ4n) is 1.59. The molecule has 0 fully saturated rings. The second-order valence-corrected chi connectivity index (χ2v) is 4.29. The van der Waals surface area contributed by atoms with Crippen LogP contribution in [0.25, 0.3) is 0 Å². The summed E-state index contributed by atoms with van der Waals surface area (Å²) in [5, 5.41) is 0.972. The van der Waals surface area contributed by atoms with Gasteiger partial charge in [-0.1, -0.05) is 30.0 Å². The van der Waals surface area contributed by atoms with E-state index in [0.29, 0.717) is 0 Å². The van der Waals surface area contributed by atoms with Crippen LogP contribution in [0.3, 0.4) is 0 Å². The first-order valence-electron chi connectivity index (χ1n) is 4.73. The van der Waals surface area contributed by atoms with Gasteiger partial charge < -0.3 is 0 Å². The van der Waals surface area contributed by atoms with E-state index in [1.165, 1.54) is 10.5 Å². The van der Waals surface area contributed by atoms with Crippen LogP contribution in [0.5, 0.6) is 0 Å². The van der Waals surface area contributed by atoms with E-state index in [-0.39, 0.29) is 0 Å². The zero-order valence-electron chi connectivity index (χ0n) is 8.60. The van der Waals surface area contributed by atoms with E-state index in [1.807, 2.05) is 12.3 Å². The molecule has 2 rings (SSSR count). The van der Waals surface area contributed by atoms with E-state index in [4.69, 9.17) is 0 Å². The summed E-state index contributed by atoms with van der Waals surface area (Å²) in [5.41, 5.74) is 2.49. The van der Waals surface area contributed by atoms with Crippen LogP contribution in [0, 0.1) is 0 Å². The molecule has 2 nitrogen and oxygen atoms in total. The Bertz CT molecular complexity index is 447. The third-order valence-electron chi connectivity index (χ3n) is 2.26. The number of thioether (sulfide) groups is 1. The Morgan fingerprint density at radius 3 is 2.93 bits per heavy atom. The van der Waals surface area contributed by atoms with Crippen molar-refractivity contribution in [2.45, 2.75) is 11.3 Å². The predicted octanol–water partition coefficient (Wildman–Crippen LogP) is 2.95. The molecule has 1 aliphatic heterocycles. The molecule has 76 valence electrons. The largest absolute Gasteiger partial charge is 0.296 e. The second kappa shape index (κ2) is 4.45. The molecule has 0 saturated heterocycles. The van der Waals surface area contributed by atoms with Crippen molar-refractivity contribution < 1.29 is 0 Å². The van der Waals surface area contributed by atoms with E-state index in [1.54, 1.807) is 18.8 Å². The van der Waals surface area contributed by atoms with E-state index >= 15 is 0 Å². The van der Waals surface area contributed by atoms with Crippen molar-refractivity contribution in [3.8, 4) is 0 Å². The maximum absolute atomic E-state index is 4.05. The Labute approximate surface area is 93.8 Å². The molecule has 0 spiro atoms. The smallest absolute Gasteiger partial charge is 0.105 e. The molecule has 0 radical (unpaired) electrons. The van der Waals surface area contributed by atoms with Crippen molar-refractivity contribution in [1.82, 2.24) is 0 Å². The van der Waals surface area contributed by atoms with Gasteiger partial charge in [0.25, 0.3) is 0 Å². The number of hydrogen-bond donors (Lipinski definition) is 0. The van der Waals surface area contributed by atoms with Gasteiger partial charge in [0.05, 0.1) is 0 Å². The number of fused-ring (bicyclic) bond motifs is 1. The van der Waals surface area contributed by atoms with Gasteiger partial charge >= 0.3 is 0 Å². The van der Waals surface area contributed by atoms with E-state index in [0.717, 1.165) is 17.0 Å². The Hall–Kier alpha value is -1.35. The van der Waals surface area contributed by atoms with Crippen LogP contribution < -0.4 is 0 Å².